The largest absolute Gasteiger partial charge is 0.299 e. The van der Waals surface area contributed by atoms with E-state index in [1.165, 1.54) is 24.8 Å². The van der Waals surface area contributed by atoms with Crippen molar-refractivity contribution in [1.82, 2.24) is 9.88 Å². The fourth-order valence-corrected chi connectivity index (χ4v) is 3.82. The lowest BCUT2D eigenvalue weighted by molar-refractivity contribution is -0.123. The predicted octanol–water partition coefficient (Wildman–Crippen LogP) is 2.85. The van der Waals surface area contributed by atoms with Gasteiger partial charge in [0.1, 0.15) is 5.78 Å². The average molecular weight is 272 g/mol. The SMILES string of the molecule is O=C1CCCC1C1CCCCN1CCc1cccnc1. The quantitative estimate of drug-likeness (QED) is 0.845. The minimum absolute atomic E-state index is 0.323. The van der Waals surface area contributed by atoms with Gasteiger partial charge in [-0.15, -0.1) is 0 Å². The molecule has 2 aliphatic rings. The van der Waals surface area contributed by atoms with Crippen LogP contribution in [0, 0.1) is 5.92 Å². The second-order valence-corrected chi connectivity index (χ2v) is 6.18. The molecular formula is C17H24N2O. The lowest BCUT2D eigenvalue weighted by atomic mass is 9.88. The molecule has 20 heavy (non-hydrogen) atoms. The topological polar surface area (TPSA) is 33.2 Å². The summed E-state index contributed by atoms with van der Waals surface area (Å²) in [6, 6.07) is 4.66. The first-order chi connectivity index (χ1) is 9.84. The Bertz CT molecular complexity index is 446. The number of piperidine rings is 1. The third-order valence-electron chi connectivity index (χ3n) is 4.89. The van der Waals surface area contributed by atoms with Gasteiger partial charge in [-0.05, 0) is 50.3 Å². The maximum atomic E-state index is 12.1. The Hall–Kier alpha value is -1.22. The Balaban J connectivity index is 1.62. The fraction of sp³-hybridized carbons (Fsp3) is 0.647. The molecule has 1 saturated carbocycles. The summed E-state index contributed by atoms with van der Waals surface area (Å²) in [7, 11) is 0. The number of likely N-dealkylation sites (tertiary alicyclic amines) is 1. The van der Waals surface area contributed by atoms with E-state index >= 15 is 0 Å². The molecule has 3 rings (SSSR count). The van der Waals surface area contributed by atoms with Gasteiger partial charge in [0.25, 0.3) is 0 Å². The van der Waals surface area contributed by atoms with Gasteiger partial charge in [0.05, 0.1) is 0 Å². The van der Waals surface area contributed by atoms with Gasteiger partial charge in [-0.1, -0.05) is 12.5 Å². The highest BCUT2D eigenvalue weighted by Crippen LogP contribution is 2.32. The monoisotopic (exact) mass is 272 g/mol. The van der Waals surface area contributed by atoms with Crippen molar-refractivity contribution in [3.63, 3.8) is 0 Å². The smallest absolute Gasteiger partial charge is 0.137 e. The molecule has 0 amide bonds. The summed E-state index contributed by atoms with van der Waals surface area (Å²) >= 11 is 0. The number of ketones is 1. The van der Waals surface area contributed by atoms with Gasteiger partial charge >= 0.3 is 0 Å². The molecule has 1 aliphatic carbocycles. The van der Waals surface area contributed by atoms with Crippen LogP contribution in [-0.4, -0.2) is 34.8 Å². The van der Waals surface area contributed by atoms with Gasteiger partial charge < -0.3 is 0 Å². The molecular weight excluding hydrogens is 248 g/mol. The lowest BCUT2D eigenvalue weighted by Gasteiger charge is -2.38. The molecule has 1 saturated heterocycles. The van der Waals surface area contributed by atoms with E-state index in [4.69, 9.17) is 0 Å². The van der Waals surface area contributed by atoms with Crippen molar-refractivity contribution < 1.29 is 4.79 Å². The molecule has 1 aliphatic heterocycles. The molecule has 0 radical (unpaired) electrons. The van der Waals surface area contributed by atoms with E-state index in [0.29, 0.717) is 17.7 Å². The van der Waals surface area contributed by atoms with E-state index in [1.807, 2.05) is 18.5 Å². The van der Waals surface area contributed by atoms with Crippen LogP contribution in [-0.2, 0) is 11.2 Å². The molecule has 1 aromatic rings. The summed E-state index contributed by atoms with van der Waals surface area (Å²) in [4.78, 5) is 18.8. The van der Waals surface area contributed by atoms with Gasteiger partial charge in [0.15, 0.2) is 0 Å². The van der Waals surface area contributed by atoms with Crippen molar-refractivity contribution in [3.8, 4) is 0 Å². The molecule has 0 aromatic carbocycles. The van der Waals surface area contributed by atoms with Crippen LogP contribution < -0.4 is 0 Å². The summed E-state index contributed by atoms with van der Waals surface area (Å²) in [6.45, 7) is 2.23. The Kier molecular flexibility index (Phi) is 4.46. The third kappa shape index (κ3) is 3.09. The standard InChI is InChI=1S/C17H24N2O/c20-17-8-3-6-15(17)16-7-1-2-11-19(16)12-9-14-5-4-10-18-13-14/h4-5,10,13,15-16H,1-3,6-9,11-12H2. The number of carbonyl (C=O) groups excluding carboxylic acids is 1. The summed E-state index contributed by atoms with van der Waals surface area (Å²) in [6.07, 6.45) is 11.7. The van der Waals surface area contributed by atoms with E-state index in [2.05, 4.69) is 16.0 Å². The Morgan fingerprint density at radius 2 is 2.20 bits per heavy atom. The van der Waals surface area contributed by atoms with Crippen LogP contribution in [0.4, 0.5) is 0 Å². The second-order valence-electron chi connectivity index (χ2n) is 6.18. The van der Waals surface area contributed by atoms with Crippen molar-refractivity contribution in [2.75, 3.05) is 13.1 Å². The van der Waals surface area contributed by atoms with Crippen LogP contribution in [0.25, 0.3) is 0 Å². The first-order valence-electron chi connectivity index (χ1n) is 8.00. The number of hydrogen-bond donors (Lipinski definition) is 0. The molecule has 0 spiro atoms. The third-order valence-corrected chi connectivity index (χ3v) is 4.89. The zero-order valence-electron chi connectivity index (χ0n) is 12.1. The van der Waals surface area contributed by atoms with Gasteiger partial charge in [-0.3, -0.25) is 14.7 Å². The minimum atomic E-state index is 0.323. The molecule has 3 heteroatoms. The molecule has 2 heterocycles. The molecule has 2 unspecified atom stereocenters. The predicted molar refractivity (Wildman–Crippen MR) is 79.5 cm³/mol. The molecule has 0 bridgehead atoms. The number of aromatic nitrogens is 1. The van der Waals surface area contributed by atoms with Crippen LogP contribution in [0.3, 0.4) is 0 Å². The molecule has 108 valence electrons. The van der Waals surface area contributed by atoms with Crippen LogP contribution >= 0.6 is 0 Å². The first-order valence-corrected chi connectivity index (χ1v) is 8.00. The van der Waals surface area contributed by atoms with Gasteiger partial charge in [0, 0.05) is 37.3 Å². The maximum Gasteiger partial charge on any atom is 0.137 e. The number of rotatable bonds is 4. The maximum absolute atomic E-state index is 12.1. The van der Waals surface area contributed by atoms with E-state index in [-0.39, 0.29) is 0 Å². The highest BCUT2D eigenvalue weighted by Gasteiger charge is 2.36. The Morgan fingerprint density at radius 3 is 2.95 bits per heavy atom. The summed E-state index contributed by atoms with van der Waals surface area (Å²) in [5.74, 6) is 0.840. The van der Waals surface area contributed by atoms with Crippen LogP contribution in [0.2, 0.25) is 0 Å². The number of hydrogen-bond acceptors (Lipinski definition) is 3. The normalized spacial score (nSPS) is 27.9. The van der Waals surface area contributed by atoms with E-state index in [1.54, 1.807) is 0 Å². The zero-order chi connectivity index (χ0) is 13.8. The lowest BCUT2D eigenvalue weighted by Crippen LogP contribution is -2.46. The van der Waals surface area contributed by atoms with Crippen LogP contribution in [0.15, 0.2) is 24.5 Å². The van der Waals surface area contributed by atoms with Crippen molar-refractivity contribution in [1.29, 1.82) is 0 Å². The van der Waals surface area contributed by atoms with E-state index in [0.717, 1.165) is 38.8 Å². The number of pyridine rings is 1. The second kappa shape index (κ2) is 6.49. The summed E-state index contributed by atoms with van der Waals surface area (Å²) in [5.41, 5.74) is 1.30. The molecule has 2 atom stereocenters. The van der Waals surface area contributed by atoms with Gasteiger partial charge in [0.2, 0.25) is 0 Å². The van der Waals surface area contributed by atoms with Crippen molar-refractivity contribution in [2.45, 2.75) is 51.0 Å². The molecule has 3 nitrogen and oxygen atoms in total. The van der Waals surface area contributed by atoms with Crippen LogP contribution in [0.1, 0.15) is 44.1 Å². The van der Waals surface area contributed by atoms with Crippen molar-refractivity contribution in [3.05, 3.63) is 30.1 Å². The average Bonchev–Trinajstić information content (AvgIpc) is 2.92. The molecule has 0 N–H and O–H groups in total. The molecule has 2 fully saturated rings. The number of nitrogens with zero attached hydrogens (tertiary/aromatic N) is 2. The van der Waals surface area contributed by atoms with Crippen molar-refractivity contribution >= 4 is 5.78 Å². The van der Waals surface area contributed by atoms with E-state index < -0.39 is 0 Å². The minimum Gasteiger partial charge on any atom is -0.299 e. The van der Waals surface area contributed by atoms with Crippen molar-refractivity contribution in [2.24, 2.45) is 5.92 Å². The Labute approximate surface area is 121 Å². The van der Waals surface area contributed by atoms with E-state index in [9.17, 15) is 4.79 Å². The Morgan fingerprint density at radius 1 is 1.25 bits per heavy atom. The number of carbonyl (C=O) groups is 1. The van der Waals surface area contributed by atoms with Gasteiger partial charge in [-0.2, -0.15) is 0 Å². The number of Topliss-reactive ketones (excluding diaryl/α,β-unsaturated/α-hetero) is 1. The summed E-state index contributed by atoms with van der Waals surface area (Å²) < 4.78 is 0. The van der Waals surface area contributed by atoms with Gasteiger partial charge in [-0.25, -0.2) is 0 Å². The molecule has 1 aromatic heterocycles. The highest BCUT2D eigenvalue weighted by molar-refractivity contribution is 5.83. The highest BCUT2D eigenvalue weighted by atomic mass is 16.1. The fourth-order valence-electron chi connectivity index (χ4n) is 3.82. The summed E-state index contributed by atoms with van der Waals surface area (Å²) in [5, 5.41) is 0. The zero-order valence-corrected chi connectivity index (χ0v) is 12.1. The first kappa shape index (κ1) is 13.7. The van der Waals surface area contributed by atoms with Crippen LogP contribution in [0.5, 0.6) is 0 Å².